The smallest absolute Gasteiger partial charge is 0.0774 e. The quantitative estimate of drug-likeness (QED) is 0.595. The molecule has 1 aliphatic rings. The molecule has 0 spiro atoms. The Hall–Kier alpha value is -0.120. The van der Waals surface area contributed by atoms with E-state index >= 15 is 0 Å². The fraction of sp³-hybridized carbons (Fsp3) is 1.00. The van der Waals surface area contributed by atoms with Crippen molar-refractivity contribution in [3.63, 3.8) is 0 Å². The van der Waals surface area contributed by atoms with Crippen molar-refractivity contribution < 1.29 is 9.47 Å². The molecule has 3 nitrogen and oxygen atoms in total. The second-order valence-electron chi connectivity index (χ2n) is 4.28. The third kappa shape index (κ3) is 4.49. The zero-order valence-corrected chi connectivity index (χ0v) is 10.3. The van der Waals surface area contributed by atoms with Gasteiger partial charge >= 0.3 is 0 Å². The Kier molecular flexibility index (Phi) is 6.22. The second-order valence-corrected chi connectivity index (χ2v) is 4.28. The molecular weight excluding hydrogens is 190 g/mol. The summed E-state index contributed by atoms with van der Waals surface area (Å²) in [6, 6.07) is 0.360. The average Bonchev–Trinajstić information content (AvgIpc) is 3.03. The average molecular weight is 215 g/mol. The van der Waals surface area contributed by atoms with Crippen LogP contribution >= 0.6 is 0 Å². The van der Waals surface area contributed by atoms with Crippen LogP contribution in [0.5, 0.6) is 0 Å². The lowest BCUT2D eigenvalue weighted by atomic mass is 10.1. The van der Waals surface area contributed by atoms with E-state index in [2.05, 4.69) is 19.2 Å². The predicted molar refractivity (Wildman–Crippen MR) is 62.1 cm³/mol. The zero-order valence-electron chi connectivity index (χ0n) is 10.3. The number of hydrogen-bond donors (Lipinski definition) is 1. The summed E-state index contributed by atoms with van der Waals surface area (Å²) >= 11 is 0. The minimum absolute atomic E-state index is 0.335. The van der Waals surface area contributed by atoms with E-state index in [9.17, 15) is 0 Å². The molecule has 0 aromatic rings. The van der Waals surface area contributed by atoms with E-state index in [1.54, 1.807) is 0 Å². The van der Waals surface area contributed by atoms with Gasteiger partial charge in [-0.1, -0.05) is 13.8 Å². The lowest BCUT2D eigenvalue weighted by Gasteiger charge is -2.26. The number of methoxy groups -OCH3 is 1. The highest BCUT2D eigenvalue weighted by atomic mass is 16.5. The predicted octanol–water partition coefficient (Wildman–Crippen LogP) is 1.82. The first kappa shape index (κ1) is 12.9. The molecule has 0 aromatic carbocycles. The van der Waals surface area contributed by atoms with Crippen molar-refractivity contribution in [1.29, 1.82) is 0 Å². The molecule has 1 aliphatic carbocycles. The van der Waals surface area contributed by atoms with Gasteiger partial charge in [0.2, 0.25) is 0 Å². The summed E-state index contributed by atoms with van der Waals surface area (Å²) in [6.07, 6.45) is 4.05. The second kappa shape index (κ2) is 7.20. The van der Waals surface area contributed by atoms with Gasteiger partial charge in [-0.15, -0.1) is 0 Å². The van der Waals surface area contributed by atoms with E-state index < -0.39 is 0 Å². The lowest BCUT2D eigenvalue weighted by molar-refractivity contribution is 0.0102. The molecule has 15 heavy (non-hydrogen) atoms. The van der Waals surface area contributed by atoms with Crippen molar-refractivity contribution in [3.05, 3.63) is 0 Å². The van der Waals surface area contributed by atoms with Crippen LogP contribution in [-0.4, -0.2) is 39.0 Å². The van der Waals surface area contributed by atoms with Crippen LogP contribution < -0.4 is 5.32 Å². The number of ether oxygens (including phenoxy) is 2. The van der Waals surface area contributed by atoms with Gasteiger partial charge in [0.1, 0.15) is 0 Å². The Balaban J connectivity index is 2.32. The molecule has 0 amide bonds. The molecule has 1 fully saturated rings. The van der Waals surface area contributed by atoms with Crippen LogP contribution in [0.4, 0.5) is 0 Å². The summed E-state index contributed by atoms with van der Waals surface area (Å²) in [5, 5.41) is 3.46. The van der Waals surface area contributed by atoms with Gasteiger partial charge in [-0.3, -0.25) is 0 Å². The largest absolute Gasteiger partial charge is 0.380 e. The van der Waals surface area contributed by atoms with Gasteiger partial charge in [0.15, 0.2) is 0 Å². The number of nitrogens with one attached hydrogen (secondary N) is 1. The Labute approximate surface area is 93.5 Å². The SMILES string of the molecule is CCCOCC(NCC)C(OC)C1CC1. The molecule has 0 radical (unpaired) electrons. The fourth-order valence-electron chi connectivity index (χ4n) is 2.00. The summed E-state index contributed by atoms with van der Waals surface area (Å²) in [5.74, 6) is 0.754. The van der Waals surface area contributed by atoms with Gasteiger partial charge in [-0.25, -0.2) is 0 Å². The summed E-state index contributed by atoms with van der Waals surface area (Å²) in [7, 11) is 1.81. The monoisotopic (exact) mass is 215 g/mol. The van der Waals surface area contributed by atoms with Gasteiger partial charge in [0.05, 0.1) is 18.8 Å². The first-order valence-corrected chi connectivity index (χ1v) is 6.17. The first-order valence-electron chi connectivity index (χ1n) is 6.17. The molecule has 0 heterocycles. The van der Waals surface area contributed by atoms with Crippen molar-refractivity contribution in [2.24, 2.45) is 5.92 Å². The van der Waals surface area contributed by atoms with Crippen molar-refractivity contribution in [1.82, 2.24) is 5.32 Å². The van der Waals surface area contributed by atoms with Crippen LogP contribution in [0.15, 0.2) is 0 Å². The highest BCUT2D eigenvalue weighted by Gasteiger charge is 2.36. The van der Waals surface area contributed by atoms with Crippen LogP contribution in [-0.2, 0) is 9.47 Å². The minimum atomic E-state index is 0.335. The van der Waals surface area contributed by atoms with Crippen LogP contribution in [0, 0.1) is 5.92 Å². The molecule has 1 N–H and O–H groups in total. The summed E-state index contributed by atoms with van der Waals surface area (Å²) < 4.78 is 11.2. The maximum atomic E-state index is 5.62. The normalized spacial score (nSPS) is 20.2. The van der Waals surface area contributed by atoms with E-state index in [0.29, 0.717) is 12.1 Å². The molecule has 0 saturated heterocycles. The summed E-state index contributed by atoms with van der Waals surface area (Å²) in [4.78, 5) is 0. The molecule has 2 atom stereocenters. The van der Waals surface area contributed by atoms with Crippen LogP contribution in [0.2, 0.25) is 0 Å². The van der Waals surface area contributed by atoms with Crippen LogP contribution in [0.1, 0.15) is 33.1 Å². The number of hydrogen-bond acceptors (Lipinski definition) is 3. The number of likely N-dealkylation sites (N-methyl/N-ethyl adjacent to an activating group) is 1. The maximum absolute atomic E-state index is 5.62. The maximum Gasteiger partial charge on any atom is 0.0774 e. The Bertz CT molecular complexity index is 160. The highest BCUT2D eigenvalue weighted by Crippen LogP contribution is 2.35. The van der Waals surface area contributed by atoms with Gasteiger partial charge in [0, 0.05) is 13.7 Å². The van der Waals surface area contributed by atoms with Crippen molar-refractivity contribution >= 4 is 0 Å². The third-order valence-electron chi connectivity index (χ3n) is 2.87. The molecule has 90 valence electrons. The molecule has 0 aromatic heterocycles. The zero-order chi connectivity index (χ0) is 11.1. The van der Waals surface area contributed by atoms with Gasteiger partial charge in [-0.05, 0) is 31.7 Å². The third-order valence-corrected chi connectivity index (χ3v) is 2.87. The van der Waals surface area contributed by atoms with E-state index in [1.807, 2.05) is 7.11 Å². The molecular formula is C12H25NO2. The first-order chi connectivity index (χ1) is 7.33. The summed E-state index contributed by atoms with van der Waals surface area (Å²) in [6.45, 7) is 6.87. The van der Waals surface area contributed by atoms with Crippen LogP contribution in [0.3, 0.4) is 0 Å². The lowest BCUT2D eigenvalue weighted by Crippen LogP contribution is -2.45. The Morgan fingerprint density at radius 3 is 2.53 bits per heavy atom. The van der Waals surface area contributed by atoms with Crippen molar-refractivity contribution in [2.45, 2.75) is 45.3 Å². The van der Waals surface area contributed by atoms with Crippen LogP contribution in [0.25, 0.3) is 0 Å². The molecule has 1 rings (SSSR count). The standard InChI is InChI=1S/C12H25NO2/c1-4-8-15-9-11(13-5-2)12(14-3)10-6-7-10/h10-13H,4-9H2,1-3H3. The Morgan fingerprint density at radius 1 is 1.33 bits per heavy atom. The number of rotatable bonds is 9. The van der Waals surface area contributed by atoms with E-state index in [0.717, 1.165) is 32.1 Å². The topological polar surface area (TPSA) is 30.5 Å². The summed E-state index contributed by atoms with van der Waals surface area (Å²) in [5.41, 5.74) is 0. The van der Waals surface area contributed by atoms with Gasteiger partial charge in [0.25, 0.3) is 0 Å². The molecule has 0 bridgehead atoms. The molecule has 3 heteroatoms. The van der Waals surface area contributed by atoms with Gasteiger partial charge in [-0.2, -0.15) is 0 Å². The van der Waals surface area contributed by atoms with E-state index in [1.165, 1.54) is 12.8 Å². The van der Waals surface area contributed by atoms with Crippen molar-refractivity contribution in [3.8, 4) is 0 Å². The molecule has 1 saturated carbocycles. The van der Waals surface area contributed by atoms with E-state index in [-0.39, 0.29) is 0 Å². The Morgan fingerprint density at radius 2 is 2.07 bits per heavy atom. The fourth-order valence-corrected chi connectivity index (χ4v) is 2.00. The van der Waals surface area contributed by atoms with Crippen molar-refractivity contribution in [2.75, 3.05) is 26.9 Å². The minimum Gasteiger partial charge on any atom is -0.380 e. The van der Waals surface area contributed by atoms with Gasteiger partial charge < -0.3 is 14.8 Å². The molecule has 0 aliphatic heterocycles. The highest BCUT2D eigenvalue weighted by molar-refractivity contribution is 4.90. The van der Waals surface area contributed by atoms with E-state index in [4.69, 9.17) is 9.47 Å². The molecule has 2 unspecified atom stereocenters.